The molecular formula is C10H13NO4S. The van der Waals surface area contributed by atoms with Crippen molar-refractivity contribution >= 4 is 10.0 Å². The van der Waals surface area contributed by atoms with Crippen LogP contribution in [0.4, 0.5) is 0 Å². The van der Waals surface area contributed by atoms with Crippen LogP contribution < -0.4 is 14.2 Å². The van der Waals surface area contributed by atoms with Crippen LogP contribution in [0.2, 0.25) is 0 Å². The third kappa shape index (κ3) is 2.27. The average molecular weight is 243 g/mol. The van der Waals surface area contributed by atoms with E-state index in [0.29, 0.717) is 5.75 Å². The molecule has 0 spiro atoms. The van der Waals surface area contributed by atoms with Crippen molar-refractivity contribution in [2.75, 3.05) is 14.2 Å². The van der Waals surface area contributed by atoms with Gasteiger partial charge in [-0.3, -0.25) is 4.72 Å². The maximum Gasteiger partial charge on any atom is 0.265 e. The molecule has 0 atom stereocenters. The number of para-hydroxylation sites is 1. The Morgan fingerprint density at radius 3 is 2.50 bits per heavy atom. The number of rotatable bonds is 5. The van der Waals surface area contributed by atoms with Gasteiger partial charge in [0.15, 0.2) is 11.5 Å². The smallest absolute Gasteiger partial charge is 0.265 e. The van der Waals surface area contributed by atoms with Crippen LogP contribution in [-0.2, 0) is 10.0 Å². The van der Waals surface area contributed by atoms with Crippen LogP contribution in [0.15, 0.2) is 35.9 Å². The Kier molecular flexibility index (Phi) is 3.78. The molecule has 0 saturated carbocycles. The van der Waals surface area contributed by atoms with E-state index in [2.05, 4.69) is 11.3 Å². The van der Waals surface area contributed by atoms with Gasteiger partial charge < -0.3 is 9.47 Å². The molecule has 16 heavy (non-hydrogen) atoms. The van der Waals surface area contributed by atoms with Crippen molar-refractivity contribution in [1.29, 1.82) is 0 Å². The molecule has 0 aliphatic heterocycles. The Bertz CT molecular complexity index is 482. The van der Waals surface area contributed by atoms with Crippen molar-refractivity contribution in [3.8, 4) is 11.5 Å². The SMILES string of the molecule is C=CNS(=O)(=O)c1cccc(OC)c1OC. The minimum Gasteiger partial charge on any atom is -0.493 e. The van der Waals surface area contributed by atoms with Gasteiger partial charge in [0.1, 0.15) is 4.90 Å². The molecule has 0 fully saturated rings. The van der Waals surface area contributed by atoms with Crippen molar-refractivity contribution in [2.45, 2.75) is 4.90 Å². The van der Waals surface area contributed by atoms with E-state index >= 15 is 0 Å². The summed E-state index contributed by atoms with van der Waals surface area (Å²) in [4.78, 5) is 0.00856. The first-order valence-electron chi connectivity index (χ1n) is 4.41. The van der Waals surface area contributed by atoms with Gasteiger partial charge in [0, 0.05) is 6.20 Å². The molecule has 0 aliphatic rings. The molecule has 0 heterocycles. The maximum atomic E-state index is 11.8. The van der Waals surface area contributed by atoms with Gasteiger partial charge in [-0.2, -0.15) is 0 Å². The number of hydrogen-bond acceptors (Lipinski definition) is 4. The lowest BCUT2D eigenvalue weighted by Gasteiger charge is -2.12. The van der Waals surface area contributed by atoms with Crippen molar-refractivity contribution in [3.63, 3.8) is 0 Å². The zero-order valence-electron chi connectivity index (χ0n) is 9.06. The molecule has 0 radical (unpaired) electrons. The molecule has 0 amide bonds. The number of ether oxygens (including phenoxy) is 2. The summed E-state index contributed by atoms with van der Waals surface area (Å²) in [6, 6.07) is 4.61. The van der Waals surface area contributed by atoms with E-state index in [1.807, 2.05) is 0 Å². The highest BCUT2D eigenvalue weighted by molar-refractivity contribution is 7.89. The number of hydrogen-bond donors (Lipinski definition) is 1. The summed E-state index contributed by atoms with van der Waals surface area (Å²) in [5, 5.41) is 0. The second kappa shape index (κ2) is 4.89. The van der Waals surface area contributed by atoms with Gasteiger partial charge in [-0.1, -0.05) is 12.6 Å². The van der Waals surface area contributed by atoms with E-state index in [0.717, 1.165) is 6.20 Å². The number of methoxy groups -OCH3 is 2. The summed E-state index contributed by atoms with van der Waals surface area (Å²) in [6.07, 6.45) is 1.09. The van der Waals surface area contributed by atoms with Gasteiger partial charge in [0.05, 0.1) is 14.2 Å². The third-order valence-corrected chi connectivity index (χ3v) is 3.27. The standard InChI is InChI=1S/C10H13NO4S/c1-4-11-16(12,13)9-7-5-6-8(14-2)10(9)15-3/h4-7,11H,1H2,2-3H3. The normalized spacial score (nSPS) is 10.6. The average Bonchev–Trinajstić information content (AvgIpc) is 2.27. The highest BCUT2D eigenvalue weighted by atomic mass is 32.2. The predicted molar refractivity (Wildman–Crippen MR) is 60.1 cm³/mol. The van der Waals surface area contributed by atoms with Crippen LogP contribution >= 0.6 is 0 Å². The van der Waals surface area contributed by atoms with Crippen molar-refractivity contribution < 1.29 is 17.9 Å². The molecule has 0 saturated heterocycles. The second-order valence-electron chi connectivity index (χ2n) is 2.82. The molecule has 1 N–H and O–H groups in total. The van der Waals surface area contributed by atoms with Crippen LogP contribution in [0, 0.1) is 0 Å². The van der Waals surface area contributed by atoms with Gasteiger partial charge in [-0.15, -0.1) is 0 Å². The lowest BCUT2D eigenvalue weighted by molar-refractivity contribution is 0.346. The van der Waals surface area contributed by atoms with E-state index in [9.17, 15) is 8.42 Å². The number of benzene rings is 1. The van der Waals surface area contributed by atoms with E-state index < -0.39 is 10.0 Å². The zero-order chi connectivity index (χ0) is 12.2. The summed E-state index contributed by atoms with van der Waals surface area (Å²) in [6.45, 7) is 3.31. The number of sulfonamides is 1. The van der Waals surface area contributed by atoms with Crippen molar-refractivity contribution in [2.24, 2.45) is 0 Å². The van der Waals surface area contributed by atoms with Crippen LogP contribution in [-0.4, -0.2) is 22.6 Å². The molecule has 1 rings (SSSR count). The maximum absolute atomic E-state index is 11.8. The van der Waals surface area contributed by atoms with Crippen LogP contribution in [0.3, 0.4) is 0 Å². The van der Waals surface area contributed by atoms with Crippen LogP contribution in [0.5, 0.6) is 11.5 Å². The fourth-order valence-electron chi connectivity index (χ4n) is 1.24. The van der Waals surface area contributed by atoms with Crippen LogP contribution in [0.25, 0.3) is 0 Å². The first kappa shape index (κ1) is 12.4. The minimum atomic E-state index is -3.66. The van der Waals surface area contributed by atoms with Crippen LogP contribution in [0.1, 0.15) is 0 Å². The first-order valence-corrected chi connectivity index (χ1v) is 5.89. The summed E-state index contributed by atoms with van der Waals surface area (Å²) >= 11 is 0. The van der Waals surface area contributed by atoms with Gasteiger partial charge in [0.2, 0.25) is 0 Å². The monoisotopic (exact) mass is 243 g/mol. The van der Waals surface area contributed by atoms with E-state index in [1.54, 1.807) is 12.1 Å². The molecule has 5 nitrogen and oxygen atoms in total. The molecule has 0 bridgehead atoms. The topological polar surface area (TPSA) is 64.6 Å². The molecule has 6 heteroatoms. The largest absolute Gasteiger partial charge is 0.493 e. The van der Waals surface area contributed by atoms with E-state index in [4.69, 9.17) is 9.47 Å². The second-order valence-corrected chi connectivity index (χ2v) is 4.50. The molecular weight excluding hydrogens is 230 g/mol. The zero-order valence-corrected chi connectivity index (χ0v) is 9.87. The fourth-order valence-corrected chi connectivity index (χ4v) is 2.27. The van der Waals surface area contributed by atoms with Gasteiger partial charge >= 0.3 is 0 Å². The molecule has 1 aromatic carbocycles. The molecule has 0 unspecified atom stereocenters. The van der Waals surface area contributed by atoms with Crippen molar-refractivity contribution in [1.82, 2.24) is 4.72 Å². The van der Waals surface area contributed by atoms with Gasteiger partial charge in [0.25, 0.3) is 10.0 Å². The lowest BCUT2D eigenvalue weighted by atomic mass is 10.3. The third-order valence-electron chi connectivity index (χ3n) is 1.89. The Balaban J connectivity index is 3.39. The molecule has 0 aromatic heterocycles. The Hall–Kier alpha value is -1.69. The minimum absolute atomic E-state index is 0.00856. The highest BCUT2D eigenvalue weighted by Crippen LogP contribution is 2.33. The molecule has 88 valence electrons. The van der Waals surface area contributed by atoms with Gasteiger partial charge in [-0.05, 0) is 12.1 Å². The quantitative estimate of drug-likeness (QED) is 0.841. The molecule has 0 aliphatic carbocycles. The Morgan fingerprint density at radius 2 is 2.00 bits per heavy atom. The van der Waals surface area contributed by atoms with Gasteiger partial charge in [-0.25, -0.2) is 8.42 Å². The fraction of sp³-hybridized carbons (Fsp3) is 0.200. The Labute approximate surface area is 94.7 Å². The molecule has 1 aromatic rings. The Morgan fingerprint density at radius 1 is 1.31 bits per heavy atom. The first-order chi connectivity index (χ1) is 7.56. The number of nitrogens with one attached hydrogen (secondary N) is 1. The van der Waals surface area contributed by atoms with E-state index in [1.165, 1.54) is 20.3 Å². The summed E-state index contributed by atoms with van der Waals surface area (Å²) in [5.41, 5.74) is 0. The summed E-state index contributed by atoms with van der Waals surface area (Å²) in [5.74, 6) is 0.522. The summed E-state index contributed by atoms with van der Waals surface area (Å²) in [7, 11) is -0.839. The highest BCUT2D eigenvalue weighted by Gasteiger charge is 2.20. The predicted octanol–water partition coefficient (Wildman–Crippen LogP) is 1.13. The lowest BCUT2D eigenvalue weighted by Crippen LogP contribution is -2.18. The summed E-state index contributed by atoms with van der Waals surface area (Å²) < 4.78 is 35.7. The van der Waals surface area contributed by atoms with Crippen molar-refractivity contribution in [3.05, 3.63) is 31.0 Å². The van der Waals surface area contributed by atoms with E-state index in [-0.39, 0.29) is 10.6 Å².